The van der Waals surface area contributed by atoms with E-state index in [1.54, 1.807) is 0 Å². The Hall–Kier alpha value is -2.16. The van der Waals surface area contributed by atoms with Crippen LogP contribution in [0.15, 0.2) is 42.6 Å². The number of benzene rings is 1. The summed E-state index contributed by atoms with van der Waals surface area (Å²) in [5.41, 5.74) is 4.25. The molecule has 3 rings (SSSR count). The van der Waals surface area contributed by atoms with Gasteiger partial charge < -0.3 is 0 Å². The molecule has 0 atom stereocenters. The van der Waals surface area contributed by atoms with Gasteiger partial charge in [-0.1, -0.05) is 6.07 Å². The van der Waals surface area contributed by atoms with Gasteiger partial charge in [0.1, 0.15) is 0 Å². The number of rotatable bonds is 1. The van der Waals surface area contributed by atoms with E-state index in [4.69, 9.17) is 0 Å². The van der Waals surface area contributed by atoms with Gasteiger partial charge in [-0.2, -0.15) is 5.10 Å². The van der Waals surface area contributed by atoms with Crippen molar-refractivity contribution in [2.45, 2.75) is 13.8 Å². The van der Waals surface area contributed by atoms with Gasteiger partial charge in [0.25, 0.3) is 0 Å². The van der Waals surface area contributed by atoms with Gasteiger partial charge in [-0.25, -0.2) is 4.68 Å². The smallest absolute Gasteiger partial charge is 0.0742 e. The molecule has 0 N–H and O–H groups in total. The first-order chi connectivity index (χ1) is 8.25. The predicted molar refractivity (Wildman–Crippen MR) is 68.3 cm³/mol. The molecule has 0 fully saturated rings. The molecular formula is C14H13N3. The summed E-state index contributed by atoms with van der Waals surface area (Å²) in [6.45, 7) is 4.07. The van der Waals surface area contributed by atoms with Crippen LogP contribution in [-0.2, 0) is 0 Å². The van der Waals surface area contributed by atoms with Crippen LogP contribution in [0, 0.1) is 13.8 Å². The third-order valence-electron chi connectivity index (χ3n) is 2.86. The highest BCUT2D eigenvalue weighted by molar-refractivity contribution is 5.86. The second-order valence-corrected chi connectivity index (χ2v) is 4.19. The Morgan fingerprint density at radius 2 is 1.94 bits per heavy atom. The van der Waals surface area contributed by atoms with E-state index in [1.165, 1.54) is 0 Å². The van der Waals surface area contributed by atoms with Gasteiger partial charge in [0, 0.05) is 17.3 Å². The number of hydrogen-bond acceptors (Lipinski definition) is 2. The number of aryl methyl sites for hydroxylation is 2. The number of nitrogens with zero attached hydrogens (tertiary/aromatic N) is 3. The Labute approximate surface area is 99.7 Å². The van der Waals surface area contributed by atoms with Crippen LogP contribution in [0.4, 0.5) is 0 Å². The molecular weight excluding hydrogens is 210 g/mol. The quantitative estimate of drug-likeness (QED) is 0.634. The Morgan fingerprint density at radius 1 is 1.06 bits per heavy atom. The van der Waals surface area contributed by atoms with Crippen LogP contribution in [0.3, 0.4) is 0 Å². The lowest BCUT2D eigenvalue weighted by Gasteiger charge is -2.07. The molecule has 0 aliphatic heterocycles. The topological polar surface area (TPSA) is 30.7 Å². The first-order valence-corrected chi connectivity index (χ1v) is 5.63. The molecule has 3 heteroatoms. The first-order valence-electron chi connectivity index (χ1n) is 5.63. The zero-order chi connectivity index (χ0) is 11.8. The van der Waals surface area contributed by atoms with Crippen LogP contribution in [0.1, 0.15) is 11.4 Å². The Kier molecular flexibility index (Phi) is 2.18. The van der Waals surface area contributed by atoms with Gasteiger partial charge >= 0.3 is 0 Å². The van der Waals surface area contributed by atoms with Crippen molar-refractivity contribution in [3.8, 4) is 5.69 Å². The second kappa shape index (κ2) is 3.70. The molecule has 0 bridgehead atoms. The zero-order valence-electron chi connectivity index (χ0n) is 9.88. The summed E-state index contributed by atoms with van der Waals surface area (Å²) in [4.78, 5) is 4.36. The maximum absolute atomic E-state index is 4.52. The number of fused-ring (bicyclic) bond motifs is 1. The highest BCUT2D eigenvalue weighted by Crippen LogP contribution is 2.21. The van der Waals surface area contributed by atoms with Gasteiger partial charge in [-0.15, -0.1) is 0 Å². The van der Waals surface area contributed by atoms with Gasteiger partial charge in [0.05, 0.1) is 16.9 Å². The molecule has 2 aromatic heterocycles. The summed E-state index contributed by atoms with van der Waals surface area (Å²) in [6, 6.07) is 12.2. The average molecular weight is 223 g/mol. The molecule has 0 amide bonds. The van der Waals surface area contributed by atoms with Crippen molar-refractivity contribution in [2.24, 2.45) is 0 Å². The number of aromatic nitrogens is 3. The van der Waals surface area contributed by atoms with Crippen molar-refractivity contribution in [3.05, 3.63) is 54.0 Å². The van der Waals surface area contributed by atoms with Crippen LogP contribution >= 0.6 is 0 Å². The summed E-state index contributed by atoms with van der Waals surface area (Å²) in [7, 11) is 0. The molecule has 0 radical (unpaired) electrons. The fourth-order valence-corrected chi connectivity index (χ4v) is 2.14. The van der Waals surface area contributed by atoms with E-state index in [-0.39, 0.29) is 0 Å². The van der Waals surface area contributed by atoms with Crippen LogP contribution in [0.25, 0.3) is 16.6 Å². The molecule has 0 saturated carbocycles. The van der Waals surface area contributed by atoms with E-state index in [0.29, 0.717) is 0 Å². The molecule has 2 heterocycles. The lowest BCUT2D eigenvalue weighted by molar-refractivity contribution is 0.839. The Balaban J connectivity index is 2.34. The fourth-order valence-electron chi connectivity index (χ4n) is 2.14. The predicted octanol–water partition coefficient (Wildman–Crippen LogP) is 3.04. The lowest BCUT2D eigenvalue weighted by atomic mass is 10.2. The first kappa shape index (κ1) is 10.0. The van der Waals surface area contributed by atoms with E-state index in [9.17, 15) is 0 Å². The molecule has 3 nitrogen and oxygen atoms in total. The van der Waals surface area contributed by atoms with E-state index >= 15 is 0 Å². The van der Waals surface area contributed by atoms with Crippen molar-refractivity contribution in [2.75, 3.05) is 0 Å². The molecule has 0 aliphatic carbocycles. The number of pyridine rings is 1. The van der Waals surface area contributed by atoms with E-state index in [2.05, 4.69) is 35.2 Å². The highest BCUT2D eigenvalue weighted by atomic mass is 15.3. The molecule has 0 spiro atoms. The molecule has 0 unspecified atom stereocenters. The second-order valence-electron chi connectivity index (χ2n) is 4.19. The standard InChI is InChI=1S/C14H13N3/c1-10-9-11(2)17(16-10)14-7-3-6-13-12(14)5-4-8-15-13/h3-9H,1-2H3. The van der Waals surface area contributed by atoms with Gasteiger partial charge in [-0.3, -0.25) is 4.98 Å². The van der Waals surface area contributed by atoms with Crippen molar-refractivity contribution in [1.29, 1.82) is 0 Å². The Bertz CT molecular complexity index is 678. The monoisotopic (exact) mass is 223 g/mol. The molecule has 3 aromatic rings. The Morgan fingerprint density at radius 3 is 2.71 bits per heavy atom. The molecule has 1 aromatic carbocycles. The summed E-state index contributed by atoms with van der Waals surface area (Å²) in [6.07, 6.45) is 1.81. The number of hydrogen-bond donors (Lipinski definition) is 0. The van der Waals surface area contributed by atoms with E-state index in [0.717, 1.165) is 28.0 Å². The van der Waals surface area contributed by atoms with E-state index in [1.807, 2.05) is 36.0 Å². The molecule has 84 valence electrons. The van der Waals surface area contributed by atoms with Gasteiger partial charge in [0.2, 0.25) is 0 Å². The largest absolute Gasteiger partial charge is 0.256 e. The molecule has 0 aliphatic rings. The minimum absolute atomic E-state index is 0.998. The van der Waals surface area contributed by atoms with Crippen molar-refractivity contribution in [3.63, 3.8) is 0 Å². The SMILES string of the molecule is Cc1cc(C)n(-c2cccc3ncccc23)n1. The van der Waals surface area contributed by atoms with Crippen molar-refractivity contribution >= 4 is 10.9 Å². The normalized spacial score (nSPS) is 10.9. The van der Waals surface area contributed by atoms with Crippen LogP contribution in [0.2, 0.25) is 0 Å². The third-order valence-corrected chi connectivity index (χ3v) is 2.86. The third kappa shape index (κ3) is 1.60. The van der Waals surface area contributed by atoms with Crippen LogP contribution in [-0.4, -0.2) is 14.8 Å². The van der Waals surface area contributed by atoms with E-state index < -0.39 is 0 Å². The van der Waals surface area contributed by atoms with Crippen LogP contribution < -0.4 is 0 Å². The molecule has 0 saturated heterocycles. The minimum Gasteiger partial charge on any atom is -0.256 e. The minimum atomic E-state index is 0.998. The summed E-state index contributed by atoms with van der Waals surface area (Å²) >= 11 is 0. The lowest BCUT2D eigenvalue weighted by Crippen LogP contribution is -2.00. The highest BCUT2D eigenvalue weighted by Gasteiger charge is 2.07. The van der Waals surface area contributed by atoms with Gasteiger partial charge in [-0.05, 0) is 44.2 Å². The maximum atomic E-state index is 4.52. The van der Waals surface area contributed by atoms with Crippen molar-refractivity contribution < 1.29 is 0 Å². The van der Waals surface area contributed by atoms with Gasteiger partial charge in [0.15, 0.2) is 0 Å². The zero-order valence-corrected chi connectivity index (χ0v) is 9.88. The summed E-state index contributed by atoms with van der Waals surface area (Å²) < 4.78 is 1.97. The van der Waals surface area contributed by atoms with Crippen LogP contribution in [0.5, 0.6) is 0 Å². The average Bonchev–Trinajstić information content (AvgIpc) is 2.68. The summed E-state index contributed by atoms with van der Waals surface area (Å²) in [5.74, 6) is 0. The van der Waals surface area contributed by atoms with Crippen molar-refractivity contribution in [1.82, 2.24) is 14.8 Å². The molecule has 17 heavy (non-hydrogen) atoms. The maximum Gasteiger partial charge on any atom is 0.0742 e. The fraction of sp³-hybridized carbons (Fsp3) is 0.143. The summed E-state index contributed by atoms with van der Waals surface area (Å²) in [5, 5.41) is 5.65.